The van der Waals surface area contributed by atoms with Crippen molar-refractivity contribution in [1.82, 2.24) is 25.2 Å². The first-order valence-corrected chi connectivity index (χ1v) is 17.2. The van der Waals surface area contributed by atoms with Crippen LogP contribution in [0.4, 0.5) is 8.78 Å². The van der Waals surface area contributed by atoms with E-state index < -0.39 is 53.5 Å². The summed E-state index contributed by atoms with van der Waals surface area (Å²) in [7, 11) is 0. The molecule has 1 aliphatic rings. The number of aliphatic hydroxyl groups excluding tert-OH is 1. The zero-order valence-corrected chi connectivity index (χ0v) is 29.6. The van der Waals surface area contributed by atoms with E-state index in [0.29, 0.717) is 37.1 Å². The Bertz CT molecular complexity index is 1770. The fourth-order valence-electron chi connectivity index (χ4n) is 6.18. The van der Waals surface area contributed by atoms with Crippen LogP contribution in [0.1, 0.15) is 70.2 Å². The van der Waals surface area contributed by atoms with E-state index in [1.807, 2.05) is 55.7 Å². The maximum Gasteiger partial charge on any atom is 0.255 e. The Morgan fingerprint density at radius 2 is 1.63 bits per heavy atom. The number of rotatable bonds is 16. The summed E-state index contributed by atoms with van der Waals surface area (Å²) in [6, 6.07) is 12.5. The van der Waals surface area contributed by atoms with Crippen LogP contribution in [0.25, 0.3) is 11.1 Å². The average molecular weight is 721 g/mol. The minimum atomic E-state index is -1.15. The zero-order chi connectivity index (χ0) is 38.0. The second-order valence-electron chi connectivity index (χ2n) is 13.8. The molecule has 1 aliphatic heterocycles. The normalized spacial score (nSPS) is 14.0. The molecule has 52 heavy (non-hydrogen) atoms. The van der Waals surface area contributed by atoms with E-state index in [1.165, 1.54) is 17.1 Å². The smallest absolute Gasteiger partial charge is 0.255 e. The van der Waals surface area contributed by atoms with Gasteiger partial charge in [0.15, 0.2) is 0 Å². The monoisotopic (exact) mass is 720 g/mol. The van der Waals surface area contributed by atoms with Gasteiger partial charge in [0.2, 0.25) is 11.8 Å². The van der Waals surface area contributed by atoms with Crippen molar-refractivity contribution < 1.29 is 37.9 Å². The number of amides is 5. The minimum Gasteiger partial charge on any atom is -0.387 e. The van der Waals surface area contributed by atoms with Crippen molar-refractivity contribution in [2.45, 2.75) is 71.5 Å². The molecular weight excluding hydrogens is 674 g/mol. The number of nitrogens with zero attached hydrogens (tertiary/aromatic N) is 3. The zero-order valence-electron chi connectivity index (χ0n) is 29.6. The summed E-state index contributed by atoms with van der Waals surface area (Å²) in [5.74, 6) is -3.70. The highest BCUT2D eigenvalue weighted by Crippen LogP contribution is 2.41. The molecule has 2 atom stereocenters. The topological polar surface area (TPSA) is 167 Å². The van der Waals surface area contributed by atoms with Gasteiger partial charge in [0.05, 0.1) is 12.1 Å². The molecule has 5 N–H and O–H groups in total. The van der Waals surface area contributed by atoms with E-state index in [0.717, 1.165) is 28.7 Å². The number of aromatic nitrogens is 1. The highest BCUT2D eigenvalue weighted by Gasteiger charge is 2.37. The molecule has 1 aromatic heterocycles. The average Bonchev–Trinajstić information content (AvgIpc) is 3.66. The lowest BCUT2D eigenvalue weighted by atomic mass is 9.82. The molecule has 0 aliphatic carbocycles. The van der Waals surface area contributed by atoms with Crippen molar-refractivity contribution in [3.05, 3.63) is 95.8 Å². The summed E-state index contributed by atoms with van der Waals surface area (Å²) in [6.45, 7) is 5.44. The van der Waals surface area contributed by atoms with Crippen molar-refractivity contribution in [1.29, 1.82) is 0 Å². The number of benzene rings is 2. The van der Waals surface area contributed by atoms with Gasteiger partial charge in [-0.25, -0.2) is 8.78 Å². The fraction of sp³-hybridized carbons (Fsp3) is 0.395. The van der Waals surface area contributed by atoms with Crippen LogP contribution in [0.3, 0.4) is 0 Å². The van der Waals surface area contributed by atoms with Crippen molar-refractivity contribution >= 4 is 29.5 Å². The molecule has 14 heteroatoms. The molecule has 12 nitrogen and oxygen atoms in total. The van der Waals surface area contributed by atoms with Gasteiger partial charge in [0, 0.05) is 61.2 Å². The SMILES string of the molecule is CC(C)(C)C(c1cc(-c2cc(F)ccc2F)cn1Cc1ccccc1)N(CCC(N)C(=O)NNC(=O)CCCCCN1C(=O)C=CC1=O)C(=O)CO. The quantitative estimate of drug-likeness (QED) is 0.0994. The van der Waals surface area contributed by atoms with E-state index in [1.54, 1.807) is 12.3 Å². The number of hydrazine groups is 1. The molecule has 5 amide bonds. The molecule has 0 saturated heterocycles. The second-order valence-corrected chi connectivity index (χ2v) is 13.8. The van der Waals surface area contributed by atoms with Crippen LogP contribution in [-0.2, 0) is 30.5 Å². The molecule has 4 rings (SSSR count). The summed E-state index contributed by atoms with van der Waals surface area (Å²) in [4.78, 5) is 64.4. The van der Waals surface area contributed by atoms with Crippen molar-refractivity contribution in [3.63, 3.8) is 0 Å². The van der Waals surface area contributed by atoms with Gasteiger partial charge < -0.3 is 20.3 Å². The van der Waals surface area contributed by atoms with E-state index in [4.69, 9.17) is 5.73 Å². The van der Waals surface area contributed by atoms with Crippen LogP contribution in [0.15, 0.2) is 72.9 Å². The summed E-state index contributed by atoms with van der Waals surface area (Å²) in [5, 5.41) is 10.0. The second kappa shape index (κ2) is 17.8. The number of carbonyl (C=O) groups is 5. The number of imide groups is 1. The molecule has 0 bridgehead atoms. The summed E-state index contributed by atoms with van der Waals surface area (Å²) in [6.07, 6.45) is 5.76. The summed E-state index contributed by atoms with van der Waals surface area (Å²) >= 11 is 0. The first-order valence-electron chi connectivity index (χ1n) is 17.2. The molecule has 0 saturated carbocycles. The number of hydrogen-bond acceptors (Lipinski definition) is 7. The van der Waals surface area contributed by atoms with Gasteiger partial charge in [0.25, 0.3) is 17.7 Å². The minimum absolute atomic E-state index is 0.0341. The van der Waals surface area contributed by atoms with Crippen LogP contribution >= 0.6 is 0 Å². The first-order chi connectivity index (χ1) is 24.7. The number of hydrogen-bond donors (Lipinski definition) is 4. The van der Waals surface area contributed by atoms with Crippen LogP contribution in [-0.4, -0.2) is 74.7 Å². The number of carbonyl (C=O) groups excluding carboxylic acids is 5. The fourth-order valence-corrected chi connectivity index (χ4v) is 6.18. The van der Waals surface area contributed by atoms with Crippen LogP contribution < -0.4 is 16.6 Å². The lowest BCUT2D eigenvalue weighted by molar-refractivity contribution is -0.140. The lowest BCUT2D eigenvalue weighted by Gasteiger charge is -2.41. The van der Waals surface area contributed by atoms with Crippen molar-refractivity contribution in [2.75, 3.05) is 19.7 Å². The molecular formula is C38H46F2N6O6. The van der Waals surface area contributed by atoms with Gasteiger partial charge in [0.1, 0.15) is 18.2 Å². The summed E-state index contributed by atoms with van der Waals surface area (Å²) < 4.78 is 31.1. The van der Waals surface area contributed by atoms with Crippen molar-refractivity contribution in [3.8, 4) is 11.1 Å². The van der Waals surface area contributed by atoms with Crippen molar-refractivity contribution in [2.24, 2.45) is 11.1 Å². The highest BCUT2D eigenvalue weighted by molar-refractivity contribution is 6.12. The van der Waals surface area contributed by atoms with E-state index in [2.05, 4.69) is 10.9 Å². The van der Waals surface area contributed by atoms with Gasteiger partial charge in [-0.2, -0.15) is 0 Å². The van der Waals surface area contributed by atoms with Gasteiger partial charge in [-0.3, -0.25) is 39.7 Å². The standard InChI is InChI=1S/C38H46F2N6O6/c1-38(2,3)36(31-20-26(28-21-27(39)13-14-29(28)40)23-44(31)22-25-10-6-4-7-11-25)46(35(51)24-47)19-17-30(41)37(52)43-42-32(48)12-8-5-9-18-45-33(49)15-16-34(45)50/h4,6-7,10-11,13-16,20-21,23,30,36,47H,5,8-9,12,17-19,22,24,41H2,1-3H3,(H,42,48)(H,43,52). The number of nitrogens with one attached hydrogen (secondary N) is 2. The Balaban J connectivity index is 1.44. The first kappa shape index (κ1) is 39.6. The molecule has 3 aromatic rings. The number of nitrogens with two attached hydrogens (primary N) is 1. The number of unbranched alkanes of at least 4 members (excludes halogenated alkanes) is 2. The van der Waals surface area contributed by atoms with Gasteiger partial charge >= 0.3 is 0 Å². The Hall–Kier alpha value is -5.21. The van der Waals surface area contributed by atoms with Crippen LogP contribution in [0.2, 0.25) is 0 Å². The molecule has 0 spiro atoms. The van der Waals surface area contributed by atoms with Gasteiger partial charge in [-0.1, -0.05) is 57.5 Å². The summed E-state index contributed by atoms with van der Waals surface area (Å²) in [5.41, 5.74) is 12.1. The van der Waals surface area contributed by atoms with Gasteiger partial charge in [-0.05, 0) is 54.5 Å². The predicted octanol–water partition coefficient (Wildman–Crippen LogP) is 3.74. The predicted molar refractivity (Wildman–Crippen MR) is 190 cm³/mol. The molecule has 0 fully saturated rings. The van der Waals surface area contributed by atoms with Crippen LogP contribution in [0, 0.1) is 17.0 Å². The number of halogens is 2. The Kier molecular flexibility index (Phi) is 13.6. The largest absolute Gasteiger partial charge is 0.387 e. The molecule has 2 unspecified atom stereocenters. The molecule has 0 radical (unpaired) electrons. The lowest BCUT2D eigenvalue weighted by Crippen LogP contribution is -2.51. The van der Waals surface area contributed by atoms with Crippen LogP contribution in [0.5, 0.6) is 0 Å². The molecule has 278 valence electrons. The number of aliphatic hydroxyl groups is 1. The molecule has 2 heterocycles. The van der Waals surface area contributed by atoms with Gasteiger partial charge in [-0.15, -0.1) is 0 Å². The highest BCUT2D eigenvalue weighted by atomic mass is 19.1. The third kappa shape index (κ3) is 10.4. The third-order valence-corrected chi connectivity index (χ3v) is 8.76. The maximum atomic E-state index is 15.0. The third-order valence-electron chi connectivity index (χ3n) is 8.76. The van der Waals surface area contributed by atoms with E-state index >= 15 is 0 Å². The van der Waals surface area contributed by atoms with E-state index in [-0.39, 0.29) is 43.3 Å². The van der Waals surface area contributed by atoms with E-state index in [9.17, 15) is 37.9 Å². The maximum absolute atomic E-state index is 15.0. The Labute approximate surface area is 301 Å². The Morgan fingerprint density at radius 3 is 2.29 bits per heavy atom. The molecule has 2 aromatic carbocycles. The Morgan fingerprint density at radius 1 is 0.942 bits per heavy atom.